The fourth-order valence-corrected chi connectivity index (χ4v) is 4.28. The van der Waals surface area contributed by atoms with E-state index in [1.54, 1.807) is 25.6 Å². The number of nitrogens with zero attached hydrogens (tertiary/aromatic N) is 7. The number of fused-ring (bicyclic) bond motifs is 1. The maximum Gasteiger partial charge on any atom is 0.271 e. The SMILES string of the molecule is COC[C@H]1Cn2cc(-c3nc(Nc4ccncn4)ncc3C)cc2C(=O)N1Cc1cccc(C)n1. The lowest BCUT2D eigenvalue weighted by molar-refractivity contribution is 0.0384. The zero-order valence-corrected chi connectivity index (χ0v) is 19.8. The van der Waals surface area contributed by atoms with E-state index in [4.69, 9.17) is 9.72 Å². The molecule has 0 spiro atoms. The number of aryl methyl sites for hydroxylation is 2. The molecule has 4 aromatic heterocycles. The molecular formula is C25H26N8O2. The van der Waals surface area contributed by atoms with E-state index in [-0.39, 0.29) is 11.9 Å². The molecule has 5 rings (SSSR count). The third-order valence-corrected chi connectivity index (χ3v) is 5.93. The number of rotatable bonds is 7. The lowest BCUT2D eigenvalue weighted by Gasteiger charge is -2.36. The molecule has 0 unspecified atom stereocenters. The van der Waals surface area contributed by atoms with Crippen LogP contribution in [0.3, 0.4) is 0 Å². The Labute approximate surface area is 203 Å². The average molecular weight is 471 g/mol. The maximum absolute atomic E-state index is 13.6. The highest BCUT2D eigenvalue weighted by Gasteiger charge is 2.33. The second-order valence-corrected chi connectivity index (χ2v) is 8.52. The number of carbonyl (C=O) groups excluding carboxylic acids is 1. The average Bonchev–Trinajstić information content (AvgIpc) is 3.28. The fourth-order valence-electron chi connectivity index (χ4n) is 4.28. The summed E-state index contributed by atoms with van der Waals surface area (Å²) in [4.78, 5) is 37.2. The highest BCUT2D eigenvalue weighted by molar-refractivity contribution is 5.95. The molecule has 10 nitrogen and oxygen atoms in total. The topological polar surface area (TPSA) is 111 Å². The minimum Gasteiger partial charge on any atom is -0.382 e. The van der Waals surface area contributed by atoms with Crippen LogP contribution in [-0.4, -0.2) is 60.1 Å². The minimum absolute atomic E-state index is 0.0566. The first kappa shape index (κ1) is 22.6. The first-order chi connectivity index (χ1) is 17.0. The second-order valence-electron chi connectivity index (χ2n) is 8.52. The zero-order valence-electron chi connectivity index (χ0n) is 19.8. The molecule has 0 bridgehead atoms. The number of ether oxygens (including phenoxy) is 1. The van der Waals surface area contributed by atoms with Gasteiger partial charge in [-0.3, -0.25) is 9.78 Å². The molecule has 1 aliphatic rings. The largest absolute Gasteiger partial charge is 0.382 e. The van der Waals surface area contributed by atoms with Gasteiger partial charge in [0.1, 0.15) is 17.8 Å². The number of hydrogen-bond donors (Lipinski definition) is 1. The fraction of sp³-hybridized carbons (Fsp3) is 0.280. The van der Waals surface area contributed by atoms with E-state index in [9.17, 15) is 4.79 Å². The zero-order chi connectivity index (χ0) is 24.4. The summed E-state index contributed by atoms with van der Waals surface area (Å²) in [6.07, 6.45) is 6.83. The van der Waals surface area contributed by atoms with Gasteiger partial charge in [-0.25, -0.2) is 19.9 Å². The Morgan fingerprint density at radius 1 is 1.17 bits per heavy atom. The van der Waals surface area contributed by atoms with Crippen molar-refractivity contribution in [1.29, 1.82) is 0 Å². The quantitative estimate of drug-likeness (QED) is 0.439. The van der Waals surface area contributed by atoms with E-state index < -0.39 is 0 Å². The summed E-state index contributed by atoms with van der Waals surface area (Å²) in [5.74, 6) is 0.965. The predicted molar refractivity (Wildman–Crippen MR) is 130 cm³/mol. The summed E-state index contributed by atoms with van der Waals surface area (Å²) in [5, 5.41) is 3.10. The van der Waals surface area contributed by atoms with Crippen LogP contribution in [0, 0.1) is 13.8 Å². The van der Waals surface area contributed by atoms with Gasteiger partial charge in [0.2, 0.25) is 5.95 Å². The Bertz CT molecular complexity index is 1350. The van der Waals surface area contributed by atoms with Crippen LogP contribution in [0.2, 0.25) is 0 Å². The smallest absolute Gasteiger partial charge is 0.271 e. The number of hydrogen-bond acceptors (Lipinski definition) is 8. The van der Waals surface area contributed by atoms with Gasteiger partial charge < -0.3 is 19.5 Å². The van der Waals surface area contributed by atoms with Crippen molar-refractivity contribution in [2.24, 2.45) is 0 Å². The molecule has 5 heterocycles. The lowest BCUT2D eigenvalue weighted by atomic mass is 10.1. The molecule has 10 heteroatoms. The van der Waals surface area contributed by atoms with E-state index in [0.29, 0.717) is 37.2 Å². The van der Waals surface area contributed by atoms with Crippen molar-refractivity contribution >= 4 is 17.7 Å². The Morgan fingerprint density at radius 3 is 2.83 bits per heavy atom. The van der Waals surface area contributed by atoms with Gasteiger partial charge >= 0.3 is 0 Å². The summed E-state index contributed by atoms with van der Waals surface area (Å²) in [6, 6.07) is 9.38. The molecule has 1 N–H and O–H groups in total. The third-order valence-electron chi connectivity index (χ3n) is 5.93. The molecule has 1 amide bonds. The monoisotopic (exact) mass is 470 g/mol. The van der Waals surface area contributed by atoms with Crippen LogP contribution < -0.4 is 5.32 Å². The van der Waals surface area contributed by atoms with Crippen molar-refractivity contribution < 1.29 is 9.53 Å². The van der Waals surface area contributed by atoms with Gasteiger partial charge in [-0.1, -0.05) is 6.07 Å². The number of aromatic nitrogens is 6. The highest BCUT2D eigenvalue weighted by Crippen LogP contribution is 2.29. The van der Waals surface area contributed by atoms with Gasteiger partial charge in [-0.2, -0.15) is 0 Å². The van der Waals surface area contributed by atoms with Crippen molar-refractivity contribution in [3.8, 4) is 11.3 Å². The van der Waals surface area contributed by atoms with E-state index in [1.165, 1.54) is 6.33 Å². The molecule has 0 radical (unpaired) electrons. The van der Waals surface area contributed by atoms with Gasteiger partial charge in [0.15, 0.2) is 0 Å². The summed E-state index contributed by atoms with van der Waals surface area (Å²) in [7, 11) is 1.65. The predicted octanol–water partition coefficient (Wildman–Crippen LogP) is 3.16. The van der Waals surface area contributed by atoms with Crippen LogP contribution in [0.15, 0.2) is 55.2 Å². The standard InChI is InChI=1S/C25H26N8O2/c1-16-10-27-25(30-22-7-8-26-15-28-22)31-23(16)18-9-21-24(34)33(12-19-6-4-5-17(2)29-19)20(14-35-3)13-32(21)11-18/h4-11,15,20H,12-14H2,1-3H3,(H,26,27,28,30,31)/t20-/m1/s1. The number of pyridine rings is 1. The van der Waals surface area contributed by atoms with E-state index in [0.717, 1.165) is 28.2 Å². The van der Waals surface area contributed by atoms with Crippen LogP contribution in [0.5, 0.6) is 0 Å². The number of anilines is 2. The molecular weight excluding hydrogens is 444 g/mol. The Kier molecular flexibility index (Phi) is 6.19. The highest BCUT2D eigenvalue weighted by atomic mass is 16.5. The first-order valence-electron chi connectivity index (χ1n) is 11.3. The van der Waals surface area contributed by atoms with Crippen LogP contribution in [0.1, 0.15) is 27.4 Å². The molecule has 1 atom stereocenters. The van der Waals surface area contributed by atoms with E-state index in [2.05, 4.69) is 25.3 Å². The number of amides is 1. The van der Waals surface area contributed by atoms with Gasteiger partial charge in [0, 0.05) is 43.5 Å². The van der Waals surface area contributed by atoms with Crippen molar-refractivity contribution in [1.82, 2.24) is 34.4 Å². The van der Waals surface area contributed by atoms with Crippen molar-refractivity contribution in [2.45, 2.75) is 33.0 Å². The Balaban J connectivity index is 1.46. The summed E-state index contributed by atoms with van der Waals surface area (Å²) in [6.45, 7) is 5.38. The van der Waals surface area contributed by atoms with Gasteiger partial charge in [-0.05, 0) is 43.7 Å². The van der Waals surface area contributed by atoms with Gasteiger partial charge in [0.05, 0.1) is 30.6 Å². The summed E-state index contributed by atoms with van der Waals surface area (Å²) in [5.41, 5.74) is 4.90. The molecule has 0 aromatic carbocycles. The number of methoxy groups -OCH3 is 1. The van der Waals surface area contributed by atoms with Crippen LogP contribution in [0.25, 0.3) is 11.3 Å². The van der Waals surface area contributed by atoms with E-state index >= 15 is 0 Å². The normalized spacial score (nSPS) is 15.2. The van der Waals surface area contributed by atoms with Crippen molar-refractivity contribution in [3.05, 3.63) is 77.9 Å². The molecule has 178 valence electrons. The van der Waals surface area contributed by atoms with Crippen LogP contribution in [0.4, 0.5) is 11.8 Å². The van der Waals surface area contributed by atoms with Crippen LogP contribution in [-0.2, 0) is 17.8 Å². The molecule has 0 fully saturated rings. The van der Waals surface area contributed by atoms with Gasteiger partial charge in [0.25, 0.3) is 5.91 Å². The molecule has 1 aliphatic heterocycles. The molecule has 0 saturated heterocycles. The Hall–Kier alpha value is -4.18. The first-order valence-corrected chi connectivity index (χ1v) is 11.3. The Morgan fingerprint density at radius 2 is 2.06 bits per heavy atom. The molecule has 0 aliphatic carbocycles. The van der Waals surface area contributed by atoms with Gasteiger partial charge in [-0.15, -0.1) is 0 Å². The van der Waals surface area contributed by atoms with Crippen LogP contribution >= 0.6 is 0 Å². The maximum atomic E-state index is 13.6. The minimum atomic E-state index is -0.107. The lowest BCUT2D eigenvalue weighted by Crippen LogP contribution is -2.49. The number of nitrogens with one attached hydrogen (secondary N) is 1. The second kappa shape index (κ2) is 9.59. The number of carbonyl (C=O) groups is 1. The van der Waals surface area contributed by atoms with E-state index in [1.807, 2.05) is 53.8 Å². The molecule has 4 aromatic rings. The molecule has 35 heavy (non-hydrogen) atoms. The summed E-state index contributed by atoms with van der Waals surface area (Å²) < 4.78 is 7.44. The van der Waals surface area contributed by atoms with Crippen molar-refractivity contribution in [3.63, 3.8) is 0 Å². The summed E-state index contributed by atoms with van der Waals surface area (Å²) >= 11 is 0. The molecule has 0 saturated carbocycles. The van der Waals surface area contributed by atoms with Crippen molar-refractivity contribution in [2.75, 3.05) is 19.0 Å². The third kappa shape index (κ3) is 4.73.